The van der Waals surface area contributed by atoms with Gasteiger partial charge in [-0.1, -0.05) is 13.8 Å². The molecule has 1 aromatic rings. The number of nitrogens with two attached hydrogens (primary N) is 1. The second-order valence-electron chi connectivity index (χ2n) is 3.43. The number of nitrogens with zero attached hydrogens (tertiary/aromatic N) is 2. The fraction of sp³-hybridized carbons (Fsp3) is 0.545. The molecule has 0 bridgehead atoms. The van der Waals surface area contributed by atoms with Crippen LogP contribution in [0.3, 0.4) is 0 Å². The molecule has 3 heteroatoms. The molecule has 14 heavy (non-hydrogen) atoms. The van der Waals surface area contributed by atoms with Gasteiger partial charge in [-0.3, -0.25) is 0 Å². The minimum atomic E-state index is 0.585. The van der Waals surface area contributed by atoms with E-state index in [-0.39, 0.29) is 0 Å². The third-order valence-electron chi connectivity index (χ3n) is 2.12. The quantitative estimate of drug-likeness (QED) is 0.780. The van der Waals surface area contributed by atoms with E-state index in [0.29, 0.717) is 5.82 Å². The summed E-state index contributed by atoms with van der Waals surface area (Å²) in [6.07, 6.45) is 4.16. The summed E-state index contributed by atoms with van der Waals surface area (Å²) >= 11 is 0. The third-order valence-corrected chi connectivity index (χ3v) is 2.12. The van der Waals surface area contributed by atoms with Crippen LogP contribution in [0, 0.1) is 0 Å². The molecule has 1 heterocycles. The number of pyridine rings is 1. The van der Waals surface area contributed by atoms with Crippen LogP contribution in [-0.2, 0) is 0 Å². The van der Waals surface area contributed by atoms with Gasteiger partial charge in [0.25, 0.3) is 0 Å². The monoisotopic (exact) mass is 193 g/mol. The predicted molar refractivity (Wildman–Crippen MR) is 61.4 cm³/mol. The van der Waals surface area contributed by atoms with E-state index >= 15 is 0 Å². The van der Waals surface area contributed by atoms with Crippen LogP contribution in [0.1, 0.15) is 26.7 Å². The Labute approximate surface area is 85.9 Å². The second-order valence-corrected chi connectivity index (χ2v) is 3.43. The summed E-state index contributed by atoms with van der Waals surface area (Å²) in [5.74, 6) is 0.585. The Hall–Kier alpha value is -1.25. The highest BCUT2D eigenvalue weighted by Gasteiger charge is 2.03. The van der Waals surface area contributed by atoms with Crippen LogP contribution in [0.15, 0.2) is 18.3 Å². The summed E-state index contributed by atoms with van der Waals surface area (Å²) in [6.45, 7) is 6.54. The molecular formula is C11H19N3. The molecule has 78 valence electrons. The van der Waals surface area contributed by atoms with Crippen LogP contribution in [0.4, 0.5) is 11.5 Å². The van der Waals surface area contributed by atoms with Crippen LogP contribution in [-0.4, -0.2) is 18.1 Å². The van der Waals surface area contributed by atoms with Crippen LogP contribution in [0.2, 0.25) is 0 Å². The number of hydrogen-bond donors (Lipinski definition) is 1. The number of nitrogen functional groups attached to an aromatic ring is 1. The highest BCUT2D eigenvalue weighted by atomic mass is 15.1. The van der Waals surface area contributed by atoms with Crippen molar-refractivity contribution >= 4 is 11.5 Å². The van der Waals surface area contributed by atoms with Crippen LogP contribution in [0.25, 0.3) is 0 Å². The van der Waals surface area contributed by atoms with Crippen LogP contribution in [0.5, 0.6) is 0 Å². The summed E-state index contributed by atoms with van der Waals surface area (Å²) < 4.78 is 0. The van der Waals surface area contributed by atoms with E-state index in [4.69, 9.17) is 5.73 Å². The average molecular weight is 193 g/mol. The first-order valence-corrected chi connectivity index (χ1v) is 5.24. The minimum absolute atomic E-state index is 0.585. The van der Waals surface area contributed by atoms with E-state index in [1.165, 1.54) is 5.69 Å². The summed E-state index contributed by atoms with van der Waals surface area (Å²) in [4.78, 5) is 6.44. The van der Waals surface area contributed by atoms with Crippen molar-refractivity contribution in [2.24, 2.45) is 0 Å². The van der Waals surface area contributed by atoms with Crippen molar-refractivity contribution in [1.29, 1.82) is 0 Å². The number of hydrogen-bond acceptors (Lipinski definition) is 3. The van der Waals surface area contributed by atoms with Crippen molar-refractivity contribution in [3.63, 3.8) is 0 Å². The molecule has 3 nitrogen and oxygen atoms in total. The molecule has 1 rings (SSSR count). The van der Waals surface area contributed by atoms with Crippen molar-refractivity contribution < 1.29 is 0 Å². The first kappa shape index (κ1) is 10.8. The Morgan fingerprint density at radius 3 is 2.29 bits per heavy atom. The molecule has 0 aromatic carbocycles. The van der Waals surface area contributed by atoms with Gasteiger partial charge in [-0.2, -0.15) is 0 Å². The van der Waals surface area contributed by atoms with Crippen molar-refractivity contribution in [2.45, 2.75) is 26.7 Å². The lowest BCUT2D eigenvalue weighted by atomic mass is 10.3. The average Bonchev–Trinajstić information content (AvgIpc) is 2.19. The van der Waals surface area contributed by atoms with Crippen molar-refractivity contribution in [2.75, 3.05) is 23.7 Å². The van der Waals surface area contributed by atoms with E-state index < -0.39 is 0 Å². The lowest BCUT2D eigenvalue weighted by molar-refractivity contribution is 0.743. The number of rotatable bonds is 5. The second kappa shape index (κ2) is 5.47. The minimum Gasteiger partial charge on any atom is -0.384 e. The summed E-state index contributed by atoms with van der Waals surface area (Å²) in [7, 11) is 0. The van der Waals surface area contributed by atoms with Gasteiger partial charge in [-0.15, -0.1) is 0 Å². The zero-order valence-electron chi connectivity index (χ0n) is 9.03. The first-order chi connectivity index (χ1) is 6.77. The molecule has 0 radical (unpaired) electrons. The Morgan fingerprint density at radius 1 is 1.21 bits per heavy atom. The van der Waals surface area contributed by atoms with Gasteiger partial charge in [-0.05, 0) is 25.0 Å². The maximum atomic E-state index is 5.55. The highest BCUT2D eigenvalue weighted by molar-refractivity contribution is 5.47. The molecule has 0 atom stereocenters. The smallest absolute Gasteiger partial charge is 0.123 e. The molecular weight excluding hydrogens is 174 g/mol. The lowest BCUT2D eigenvalue weighted by Crippen LogP contribution is -2.24. The molecule has 1 aromatic heterocycles. The van der Waals surface area contributed by atoms with Gasteiger partial charge in [0.1, 0.15) is 5.82 Å². The lowest BCUT2D eigenvalue weighted by Gasteiger charge is -2.23. The standard InChI is InChI=1S/C11H19N3/c1-3-7-14(8-4-2)10-5-6-11(12)13-9-10/h5-6,9H,3-4,7-8H2,1-2H3,(H2,12,13). The fourth-order valence-corrected chi connectivity index (χ4v) is 1.49. The molecule has 2 N–H and O–H groups in total. The SMILES string of the molecule is CCCN(CCC)c1ccc(N)nc1. The number of aromatic nitrogens is 1. The molecule has 0 saturated carbocycles. The van der Waals surface area contributed by atoms with E-state index in [9.17, 15) is 0 Å². The topological polar surface area (TPSA) is 42.1 Å². The zero-order chi connectivity index (χ0) is 10.4. The predicted octanol–water partition coefficient (Wildman–Crippen LogP) is 2.29. The van der Waals surface area contributed by atoms with Crippen molar-refractivity contribution in [3.8, 4) is 0 Å². The van der Waals surface area contributed by atoms with Gasteiger partial charge < -0.3 is 10.6 Å². The third kappa shape index (κ3) is 2.91. The molecule has 0 aliphatic carbocycles. The van der Waals surface area contributed by atoms with E-state index in [1.807, 2.05) is 18.3 Å². The summed E-state index contributed by atoms with van der Waals surface area (Å²) in [5.41, 5.74) is 6.71. The maximum Gasteiger partial charge on any atom is 0.123 e. The van der Waals surface area contributed by atoms with Gasteiger partial charge in [0.05, 0.1) is 11.9 Å². The maximum absolute atomic E-state index is 5.55. The Morgan fingerprint density at radius 2 is 1.86 bits per heavy atom. The van der Waals surface area contributed by atoms with Crippen molar-refractivity contribution in [3.05, 3.63) is 18.3 Å². The van der Waals surface area contributed by atoms with Crippen molar-refractivity contribution in [1.82, 2.24) is 4.98 Å². The van der Waals surface area contributed by atoms with Gasteiger partial charge in [0.15, 0.2) is 0 Å². The van der Waals surface area contributed by atoms with Gasteiger partial charge in [0.2, 0.25) is 0 Å². The Balaban J connectivity index is 2.71. The molecule has 0 fully saturated rings. The van der Waals surface area contributed by atoms with Gasteiger partial charge in [-0.25, -0.2) is 4.98 Å². The first-order valence-electron chi connectivity index (χ1n) is 5.24. The zero-order valence-corrected chi connectivity index (χ0v) is 9.03. The highest BCUT2D eigenvalue weighted by Crippen LogP contribution is 2.14. The molecule has 0 unspecified atom stereocenters. The Kier molecular flexibility index (Phi) is 4.23. The van der Waals surface area contributed by atoms with E-state index in [2.05, 4.69) is 23.7 Å². The number of anilines is 2. The van der Waals surface area contributed by atoms with Gasteiger partial charge >= 0.3 is 0 Å². The Bertz CT molecular complexity index is 250. The van der Waals surface area contributed by atoms with Gasteiger partial charge in [0, 0.05) is 13.1 Å². The molecule has 0 amide bonds. The van der Waals surface area contributed by atoms with E-state index in [1.54, 1.807) is 0 Å². The van der Waals surface area contributed by atoms with E-state index in [0.717, 1.165) is 25.9 Å². The molecule has 0 aliphatic heterocycles. The van der Waals surface area contributed by atoms with Crippen LogP contribution >= 0.6 is 0 Å². The summed E-state index contributed by atoms with van der Waals surface area (Å²) in [6, 6.07) is 3.89. The summed E-state index contributed by atoms with van der Waals surface area (Å²) in [5, 5.41) is 0. The molecule has 0 saturated heterocycles. The largest absolute Gasteiger partial charge is 0.384 e. The molecule has 0 spiro atoms. The fourth-order valence-electron chi connectivity index (χ4n) is 1.49. The van der Waals surface area contributed by atoms with Crippen LogP contribution < -0.4 is 10.6 Å². The normalized spacial score (nSPS) is 10.1. The molecule has 0 aliphatic rings.